The first kappa shape index (κ1) is 18.5. The van der Waals surface area contributed by atoms with Crippen molar-refractivity contribution in [2.45, 2.75) is 12.0 Å². The molecule has 0 amide bonds. The standard InChI is InChI=1S/C30H18N4O2/c1-3-7-19-15(5-1)17-9-23-27(11-21(17)31-19)35-29-14-26-30(13-25(29)33-23)36-28-12-22-18(10-24(28)34-26)16-6-2-4-8-20(16)32-22/h1-15,19,31,33H. The number of rotatable bonds is 0. The zero-order valence-corrected chi connectivity index (χ0v) is 18.9. The second kappa shape index (κ2) is 6.43. The highest BCUT2D eigenvalue weighted by Gasteiger charge is 2.32. The zero-order valence-electron chi connectivity index (χ0n) is 18.9. The summed E-state index contributed by atoms with van der Waals surface area (Å²) in [6.07, 6.45) is 8.66. The molecule has 2 N–H and O–H groups in total. The van der Waals surface area contributed by atoms with E-state index in [1.54, 1.807) is 0 Å². The minimum atomic E-state index is 0.287. The second-order valence-electron chi connectivity index (χ2n) is 9.62. The molecule has 2 unspecified atom stereocenters. The maximum Gasteiger partial charge on any atom is 0.155 e. The molecule has 0 fully saturated rings. The average molecular weight is 467 g/mol. The van der Waals surface area contributed by atoms with Gasteiger partial charge in [-0.2, -0.15) is 0 Å². The Bertz CT molecular complexity index is 2000. The van der Waals surface area contributed by atoms with Gasteiger partial charge in [0.25, 0.3) is 0 Å². The third-order valence-corrected chi connectivity index (χ3v) is 7.49. The molecule has 1 aliphatic carbocycles. The number of benzene rings is 4. The van der Waals surface area contributed by atoms with E-state index in [1.807, 2.05) is 36.4 Å². The van der Waals surface area contributed by atoms with Crippen LogP contribution in [0.5, 0.6) is 11.5 Å². The molecule has 6 heteroatoms. The Kier molecular flexibility index (Phi) is 3.30. The number of nitrogens with one attached hydrogen (secondary N) is 2. The van der Waals surface area contributed by atoms with Gasteiger partial charge < -0.3 is 19.8 Å². The topological polar surface area (TPSA) is 72.2 Å². The lowest BCUT2D eigenvalue weighted by Crippen LogP contribution is -2.17. The SMILES string of the molecule is C1=CC2Nc3cc4c(cc3C2C=C1)Nc1cc2oc3cc5nc6ccccc6c5cc3nc2cc1O4. The summed E-state index contributed by atoms with van der Waals surface area (Å²) in [5.74, 6) is 1.86. The number of hydrogen-bond acceptors (Lipinski definition) is 6. The van der Waals surface area contributed by atoms with Crippen molar-refractivity contribution >= 4 is 61.1 Å². The maximum atomic E-state index is 6.36. The Morgan fingerprint density at radius 3 is 2.47 bits per heavy atom. The van der Waals surface area contributed by atoms with Crippen molar-refractivity contribution in [1.82, 2.24) is 9.97 Å². The van der Waals surface area contributed by atoms with Crippen molar-refractivity contribution < 1.29 is 9.15 Å². The molecule has 6 aromatic rings. The van der Waals surface area contributed by atoms with Crippen LogP contribution in [0.3, 0.4) is 0 Å². The molecule has 2 aromatic heterocycles. The van der Waals surface area contributed by atoms with Gasteiger partial charge in [-0.05, 0) is 23.8 Å². The molecule has 0 spiro atoms. The van der Waals surface area contributed by atoms with Crippen LogP contribution in [0, 0.1) is 0 Å². The first-order chi connectivity index (χ1) is 17.8. The third-order valence-electron chi connectivity index (χ3n) is 7.49. The van der Waals surface area contributed by atoms with Crippen molar-refractivity contribution in [3.05, 3.63) is 90.5 Å². The molecule has 0 bridgehead atoms. The van der Waals surface area contributed by atoms with Crippen molar-refractivity contribution in [1.29, 1.82) is 0 Å². The van der Waals surface area contributed by atoms with Gasteiger partial charge in [-0.25, -0.2) is 9.97 Å². The largest absolute Gasteiger partial charge is 0.453 e. The Labute approximate surface area is 204 Å². The van der Waals surface area contributed by atoms with E-state index in [4.69, 9.17) is 19.1 Å². The molecule has 0 saturated heterocycles. The summed E-state index contributed by atoms with van der Waals surface area (Å²) < 4.78 is 12.7. The molecular formula is C30H18N4O2. The number of anilines is 3. The summed E-state index contributed by atoms with van der Waals surface area (Å²) in [6, 6.07) is 20.7. The lowest BCUT2D eigenvalue weighted by Gasteiger charge is -2.23. The van der Waals surface area contributed by atoms with Gasteiger partial charge in [0.1, 0.15) is 11.0 Å². The molecule has 0 saturated carbocycles. The van der Waals surface area contributed by atoms with E-state index >= 15 is 0 Å². The number of hydrogen-bond donors (Lipinski definition) is 2. The minimum Gasteiger partial charge on any atom is -0.453 e. The number of fused-ring (bicyclic) bond motifs is 10. The molecule has 4 aromatic carbocycles. The quantitative estimate of drug-likeness (QED) is 0.225. The highest BCUT2D eigenvalue weighted by molar-refractivity contribution is 6.11. The van der Waals surface area contributed by atoms with Gasteiger partial charge in [-0.1, -0.05) is 42.5 Å². The highest BCUT2D eigenvalue weighted by Crippen LogP contribution is 2.49. The fourth-order valence-corrected chi connectivity index (χ4v) is 5.78. The van der Waals surface area contributed by atoms with Crippen LogP contribution >= 0.6 is 0 Å². The summed E-state index contributed by atoms with van der Waals surface area (Å²) in [7, 11) is 0. The van der Waals surface area contributed by atoms with Gasteiger partial charge >= 0.3 is 0 Å². The van der Waals surface area contributed by atoms with Crippen LogP contribution in [0.1, 0.15) is 11.5 Å². The van der Waals surface area contributed by atoms with E-state index in [1.165, 1.54) is 5.56 Å². The molecule has 4 heterocycles. The Morgan fingerprint density at radius 1 is 0.667 bits per heavy atom. The molecule has 6 nitrogen and oxygen atoms in total. The number of para-hydroxylation sites is 1. The molecule has 2 aliphatic heterocycles. The average Bonchev–Trinajstić information content (AvgIpc) is 3.44. The lowest BCUT2D eigenvalue weighted by molar-refractivity contribution is 0.481. The van der Waals surface area contributed by atoms with Crippen molar-refractivity contribution in [2.75, 3.05) is 10.6 Å². The zero-order chi connectivity index (χ0) is 23.4. The minimum absolute atomic E-state index is 0.287. The van der Waals surface area contributed by atoms with Crippen LogP contribution in [0.25, 0.3) is 44.0 Å². The van der Waals surface area contributed by atoms with Gasteiger partial charge in [0, 0.05) is 46.6 Å². The van der Waals surface area contributed by atoms with E-state index in [0.717, 1.165) is 61.4 Å². The Hall–Kier alpha value is -4.84. The van der Waals surface area contributed by atoms with Gasteiger partial charge in [0.05, 0.1) is 28.5 Å². The van der Waals surface area contributed by atoms with Crippen molar-refractivity contribution in [3.63, 3.8) is 0 Å². The first-order valence-electron chi connectivity index (χ1n) is 12.1. The third kappa shape index (κ3) is 2.45. The predicted octanol–water partition coefficient (Wildman–Crippen LogP) is 7.54. The maximum absolute atomic E-state index is 6.36. The molecule has 36 heavy (non-hydrogen) atoms. The fraction of sp³-hybridized carbons (Fsp3) is 0.0667. The van der Waals surface area contributed by atoms with Gasteiger partial charge in [-0.3, -0.25) is 0 Å². The van der Waals surface area contributed by atoms with Crippen molar-refractivity contribution in [3.8, 4) is 11.5 Å². The number of aromatic nitrogens is 2. The van der Waals surface area contributed by atoms with Gasteiger partial charge in [0.15, 0.2) is 22.7 Å². The summed E-state index contributed by atoms with van der Waals surface area (Å²) >= 11 is 0. The molecule has 3 aliphatic rings. The summed E-state index contributed by atoms with van der Waals surface area (Å²) in [6.45, 7) is 0. The molecular weight excluding hydrogens is 448 g/mol. The van der Waals surface area contributed by atoms with Crippen LogP contribution in [0.15, 0.2) is 89.4 Å². The molecule has 9 rings (SSSR count). The Balaban J connectivity index is 1.18. The molecule has 2 atom stereocenters. The van der Waals surface area contributed by atoms with E-state index < -0.39 is 0 Å². The van der Waals surface area contributed by atoms with E-state index in [2.05, 4.69) is 59.2 Å². The van der Waals surface area contributed by atoms with Crippen LogP contribution in [0.2, 0.25) is 0 Å². The lowest BCUT2D eigenvalue weighted by atomic mass is 9.91. The summed E-state index contributed by atoms with van der Waals surface area (Å²) in [4.78, 5) is 9.69. The number of allylic oxidation sites excluding steroid dienone is 2. The first-order valence-corrected chi connectivity index (χ1v) is 12.1. The number of ether oxygens (including phenoxy) is 1. The Morgan fingerprint density at radius 2 is 1.47 bits per heavy atom. The van der Waals surface area contributed by atoms with E-state index in [9.17, 15) is 0 Å². The van der Waals surface area contributed by atoms with Crippen LogP contribution in [-0.4, -0.2) is 16.0 Å². The van der Waals surface area contributed by atoms with Crippen LogP contribution < -0.4 is 15.4 Å². The van der Waals surface area contributed by atoms with Crippen molar-refractivity contribution in [2.24, 2.45) is 0 Å². The normalized spacial score (nSPS) is 19.0. The summed E-state index contributed by atoms with van der Waals surface area (Å²) in [5.41, 5.74) is 9.04. The fourth-order valence-electron chi connectivity index (χ4n) is 5.78. The van der Waals surface area contributed by atoms with Gasteiger partial charge in [0.2, 0.25) is 0 Å². The summed E-state index contributed by atoms with van der Waals surface area (Å²) in [5, 5.41) is 9.37. The number of nitrogens with zero attached hydrogens (tertiary/aromatic N) is 2. The van der Waals surface area contributed by atoms with Crippen LogP contribution in [0.4, 0.5) is 17.1 Å². The predicted molar refractivity (Wildman–Crippen MR) is 143 cm³/mol. The monoisotopic (exact) mass is 466 g/mol. The smallest absolute Gasteiger partial charge is 0.155 e. The highest BCUT2D eigenvalue weighted by atomic mass is 16.5. The van der Waals surface area contributed by atoms with E-state index in [0.29, 0.717) is 17.1 Å². The second-order valence-corrected chi connectivity index (χ2v) is 9.62. The van der Waals surface area contributed by atoms with Gasteiger partial charge in [-0.15, -0.1) is 0 Å². The molecule has 170 valence electrons. The van der Waals surface area contributed by atoms with Crippen LogP contribution in [-0.2, 0) is 0 Å². The van der Waals surface area contributed by atoms with E-state index in [-0.39, 0.29) is 6.04 Å². The molecule has 0 radical (unpaired) electrons.